The summed E-state index contributed by atoms with van der Waals surface area (Å²) in [7, 11) is -2.89. The third-order valence-electron chi connectivity index (χ3n) is 7.01. The van der Waals surface area contributed by atoms with Crippen molar-refractivity contribution >= 4 is 44.3 Å². The first-order valence-electron chi connectivity index (χ1n) is 13.5. The lowest BCUT2D eigenvalue weighted by Crippen LogP contribution is -2.68. The normalized spacial score (nSPS) is 16.7. The first-order chi connectivity index (χ1) is 20.3. The molecule has 3 heterocycles. The number of ketones is 1. The second kappa shape index (κ2) is 13.2. The molecule has 1 unspecified atom stereocenters. The van der Waals surface area contributed by atoms with Crippen molar-refractivity contribution in [3.8, 4) is 16.9 Å². The van der Waals surface area contributed by atoms with Crippen LogP contribution in [-0.2, 0) is 42.7 Å². The standard InChI is InChI=1S/C27H34N6O8S2/c1-5-6-11-32-16-19(15-31(32)4)18-7-9-20(10-8-18)39-12-13-40-30-24(22-17-42-26(28)29-22)23(34)14-21-25(35)33(27(21,2)3)41-43(36,37)38/h7-10,15-17,21H,5-6,11-14H2,1-4H3,(H2-,28,29,36,37,38)/p+1/b30-24-. The summed E-state index contributed by atoms with van der Waals surface area (Å²) < 4.78 is 45.4. The van der Waals surface area contributed by atoms with E-state index in [0.29, 0.717) is 10.8 Å². The van der Waals surface area contributed by atoms with Gasteiger partial charge < -0.3 is 15.3 Å². The topological polar surface area (TPSA) is 180 Å². The largest absolute Gasteiger partial charge is 0.490 e. The van der Waals surface area contributed by atoms with Crippen molar-refractivity contribution in [1.29, 1.82) is 0 Å². The molecule has 0 saturated carbocycles. The number of nitrogens with two attached hydrogens (primary N) is 1. The zero-order chi connectivity index (χ0) is 31.4. The van der Waals surface area contributed by atoms with E-state index in [9.17, 15) is 18.0 Å². The molecular weight excluding hydrogens is 600 g/mol. The summed E-state index contributed by atoms with van der Waals surface area (Å²) in [5.74, 6) is -1.66. The van der Waals surface area contributed by atoms with Crippen molar-refractivity contribution in [1.82, 2.24) is 14.7 Å². The zero-order valence-electron chi connectivity index (χ0n) is 24.3. The zero-order valence-corrected chi connectivity index (χ0v) is 25.9. The van der Waals surface area contributed by atoms with Crippen LogP contribution in [0.5, 0.6) is 5.75 Å². The van der Waals surface area contributed by atoms with Crippen LogP contribution in [0.3, 0.4) is 0 Å². The molecule has 232 valence electrons. The Balaban J connectivity index is 1.34. The molecule has 1 saturated heterocycles. The molecule has 0 bridgehead atoms. The lowest BCUT2D eigenvalue weighted by Gasteiger charge is -2.50. The number of unbranched alkanes of at least 4 members (excludes halogenated alkanes) is 1. The fraction of sp³-hybridized carbons (Fsp3) is 0.444. The number of nitrogen functional groups attached to an aromatic ring is 1. The minimum absolute atomic E-state index is 0.0120. The predicted molar refractivity (Wildman–Crippen MR) is 157 cm³/mol. The highest BCUT2D eigenvalue weighted by molar-refractivity contribution is 7.80. The average molecular weight is 636 g/mol. The number of benzene rings is 1. The maximum absolute atomic E-state index is 13.2. The molecule has 4 rings (SSSR count). The Morgan fingerprint density at radius 3 is 2.56 bits per heavy atom. The highest BCUT2D eigenvalue weighted by atomic mass is 32.3. The summed E-state index contributed by atoms with van der Waals surface area (Å²) in [6, 6.07) is 7.67. The molecule has 43 heavy (non-hydrogen) atoms. The van der Waals surface area contributed by atoms with Crippen LogP contribution in [0, 0.1) is 5.92 Å². The van der Waals surface area contributed by atoms with Gasteiger partial charge in [-0.05, 0) is 38.0 Å². The van der Waals surface area contributed by atoms with Gasteiger partial charge in [0.15, 0.2) is 30.3 Å². The van der Waals surface area contributed by atoms with E-state index in [1.54, 1.807) is 0 Å². The number of thiazole rings is 1. The fourth-order valence-electron chi connectivity index (χ4n) is 4.59. The molecule has 1 atom stereocenters. The van der Waals surface area contributed by atoms with E-state index in [2.05, 4.69) is 43.1 Å². The molecule has 0 radical (unpaired) electrons. The molecule has 1 aromatic carbocycles. The second-order valence-corrected chi connectivity index (χ2v) is 12.4. The van der Waals surface area contributed by atoms with E-state index in [1.165, 1.54) is 19.2 Å². The Hall–Kier alpha value is -3.86. The Morgan fingerprint density at radius 1 is 1.23 bits per heavy atom. The van der Waals surface area contributed by atoms with Crippen molar-refractivity contribution < 1.29 is 41.1 Å². The van der Waals surface area contributed by atoms with Crippen LogP contribution >= 0.6 is 11.3 Å². The average Bonchev–Trinajstić information content (AvgIpc) is 3.55. The molecule has 1 amide bonds. The lowest BCUT2D eigenvalue weighted by molar-refractivity contribution is -0.753. The third-order valence-corrected chi connectivity index (χ3v) is 8.02. The number of hydrogen-bond acceptors (Lipinski definition) is 11. The molecule has 3 N–H and O–H groups in total. The number of aromatic nitrogens is 3. The Morgan fingerprint density at radius 2 is 1.95 bits per heavy atom. The van der Waals surface area contributed by atoms with E-state index >= 15 is 0 Å². The van der Waals surface area contributed by atoms with Gasteiger partial charge in [-0.15, -0.1) is 20.3 Å². The third kappa shape index (κ3) is 7.76. The van der Waals surface area contributed by atoms with Crippen molar-refractivity contribution in [2.45, 2.75) is 52.1 Å². The molecule has 0 spiro atoms. The summed E-state index contributed by atoms with van der Waals surface area (Å²) in [5.41, 5.74) is 6.73. The van der Waals surface area contributed by atoms with Crippen molar-refractivity contribution in [2.24, 2.45) is 18.1 Å². The molecule has 1 aliphatic heterocycles. The smallest absolute Gasteiger partial charge is 0.418 e. The molecule has 2 aromatic heterocycles. The molecule has 1 fully saturated rings. The first kappa shape index (κ1) is 32.1. The summed E-state index contributed by atoms with van der Waals surface area (Å²) in [5, 5.41) is 6.23. The maximum Gasteiger partial charge on any atom is 0.418 e. The molecular formula is C27H35N6O8S2+. The van der Waals surface area contributed by atoms with E-state index < -0.39 is 33.5 Å². The quantitative estimate of drug-likeness (QED) is 0.0629. The van der Waals surface area contributed by atoms with Crippen LogP contribution in [0.1, 0.15) is 45.7 Å². The van der Waals surface area contributed by atoms with Gasteiger partial charge in [0.25, 0.3) is 5.91 Å². The van der Waals surface area contributed by atoms with Gasteiger partial charge in [-0.1, -0.05) is 30.6 Å². The number of carbonyl (C=O) groups is 2. The number of carbonyl (C=O) groups excluding carboxylic acids is 2. The fourth-order valence-corrected chi connectivity index (χ4v) is 5.59. The van der Waals surface area contributed by atoms with Gasteiger partial charge in [-0.3, -0.25) is 14.1 Å². The van der Waals surface area contributed by atoms with Gasteiger partial charge in [-0.2, -0.15) is 18.2 Å². The number of amides is 1. The minimum atomic E-state index is -4.91. The van der Waals surface area contributed by atoms with Gasteiger partial charge in [0, 0.05) is 11.8 Å². The van der Waals surface area contributed by atoms with E-state index in [1.807, 2.05) is 31.3 Å². The Kier molecular flexibility index (Phi) is 9.84. The van der Waals surface area contributed by atoms with Gasteiger partial charge in [0.05, 0.1) is 29.8 Å². The number of hydrogen-bond donors (Lipinski definition) is 2. The number of aryl methyl sites for hydroxylation is 2. The number of Topliss-reactive ketones (excluding diaryl/α,β-unsaturated/α-hetero) is 1. The molecule has 14 nitrogen and oxygen atoms in total. The van der Waals surface area contributed by atoms with Gasteiger partial charge in [-0.25, -0.2) is 4.98 Å². The van der Waals surface area contributed by atoms with E-state index in [-0.39, 0.29) is 36.2 Å². The number of anilines is 1. The second-order valence-electron chi connectivity index (χ2n) is 10.5. The molecule has 1 aliphatic rings. The first-order valence-corrected chi connectivity index (χ1v) is 15.8. The minimum Gasteiger partial charge on any atom is -0.490 e. The number of oxime groups is 1. The van der Waals surface area contributed by atoms with Crippen LogP contribution in [0.2, 0.25) is 0 Å². The highest BCUT2D eigenvalue weighted by Crippen LogP contribution is 2.40. The van der Waals surface area contributed by atoms with Crippen molar-refractivity contribution in [3.05, 3.63) is 47.7 Å². The van der Waals surface area contributed by atoms with Gasteiger partial charge in [0.1, 0.15) is 18.1 Å². The predicted octanol–water partition coefficient (Wildman–Crippen LogP) is 2.55. The summed E-state index contributed by atoms with van der Waals surface area (Å²) in [6.07, 6.45) is 6.11. The molecule has 0 aliphatic carbocycles. The van der Waals surface area contributed by atoms with Gasteiger partial charge >= 0.3 is 10.4 Å². The van der Waals surface area contributed by atoms with Crippen molar-refractivity contribution in [3.63, 3.8) is 0 Å². The van der Waals surface area contributed by atoms with E-state index in [4.69, 9.17) is 19.9 Å². The maximum atomic E-state index is 13.2. The van der Waals surface area contributed by atoms with Crippen LogP contribution < -0.4 is 15.2 Å². The number of nitrogens with zero attached hydrogens (tertiary/aromatic N) is 5. The Bertz CT molecular complexity index is 1600. The van der Waals surface area contributed by atoms with Crippen LogP contribution in [0.15, 0.2) is 47.2 Å². The number of hydroxylamine groups is 2. The number of rotatable bonds is 15. The Labute approximate surface area is 253 Å². The van der Waals surface area contributed by atoms with Crippen LogP contribution in [0.4, 0.5) is 5.13 Å². The molecule has 3 aromatic rings. The number of ether oxygens (including phenoxy) is 1. The lowest BCUT2D eigenvalue weighted by atomic mass is 9.74. The highest BCUT2D eigenvalue weighted by Gasteiger charge is 2.57. The molecule has 16 heteroatoms. The summed E-state index contributed by atoms with van der Waals surface area (Å²) in [4.78, 5) is 35.2. The monoisotopic (exact) mass is 635 g/mol. The van der Waals surface area contributed by atoms with Crippen LogP contribution in [-0.4, -0.2) is 63.9 Å². The van der Waals surface area contributed by atoms with Crippen LogP contribution in [0.25, 0.3) is 11.1 Å². The SMILES string of the molecule is CCCCn1cc(-c2ccc(OCCO/N=C(\C(=O)CC3C(=O)N(OS(=O)(=O)O)C3(C)C)c3csc(N)n3)cc2)c[n+]1C. The summed E-state index contributed by atoms with van der Waals surface area (Å²) >= 11 is 1.10. The van der Waals surface area contributed by atoms with E-state index in [0.717, 1.165) is 41.9 Å². The summed E-state index contributed by atoms with van der Waals surface area (Å²) in [6.45, 7) is 6.28. The number of β-lactam (4-membered cyclic amide) rings is 1. The van der Waals surface area contributed by atoms with Crippen molar-refractivity contribution in [2.75, 3.05) is 18.9 Å². The van der Waals surface area contributed by atoms with Gasteiger partial charge in [0.2, 0.25) is 6.20 Å².